The third-order valence-electron chi connectivity index (χ3n) is 8.57. The van der Waals surface area contributed by atoms with Crippen molar-refractivity contribution in [2.45, 2.75) is 50.9 Å². The van der Waals surface area contributed by atoms with Gasteiger partial charge in [0.05, 0.1) is 17.9 Å². The summed E-state index contributed by atoms with van der Waals surface area (Å²) >= 11 is 0. The van der Waals surface area contributed by atoms with Gasteiger partial charge < -0.3 is 20.2 Å². The molecule has 11 heteroatoms. The van der Waals surface area contributed by atoms with Crippen LogP contribution in [0.1, 0.15) is 59.6 Å². The van der Waals surface area contributed by atoms with Gasteiger partial charge >= 0.3 is 0 Å². The number of anilines is 1. The van der Waals surface area contributed by atoms with Crippen LogP contribution in [0, 0.1) is 5.82 Å². The van der Waals surface area contributed by atoms with E-state index in [1.165, 1.54) is 12.1 Å². The Labute approximate surface area is 264 Å². The summed E-state index contributed by atoms with van der Waals surface area (Å²) in [6.07, 6.45) is 0.649. The first-order valence-electron chi connectivity index (χ1n) is 14.2. The minimum Gasteiger partial charge on any atom is -0.384 e. The van der Waals surface area contributed by atoms with Crippen molar-refractivity contribution in [2.24, 2.45) is 0 Å². The Kier molecular flexibility index (Phi) is 9.83. The van der Waals surface area contributed by atoms with Gasteiger partial charge in [-0.25, -0.2) is 4.39 Å². The van der Waals surface area contributed by atoms with Crippen LogP contribution in [-0.4, -0.2) is 76.5 Å². The number of nitrogens with zero attached hydrogens (tertiary/aromatic N) is 4. The normalized spacial score (nSPS) is 21.5. The van der Waals surface area contributed by atoms with Crippen molar-refractivity contribution in [3.63, 3.8) is 0 Å². The highest BCUT2D eigenvalue weighted by atomic mass is 35.5. The summed E-state index contributed by atoms with van der Waals surface area (Å²) in [5, 5.41) is 14.5. The molecule has 0 saturated carbocycles. The maximum Gasteiger partial charge on any atom is 0.254 e. The van der Waals surface area contributed by atoms with Crippen molar-refractivity contribution < 1.29 is 19.1 Å². The second kappa shape index (κ2) is 12.9. The van der Waals surface area contributed by atoms with Gasteiger partial charge in [-0.1, -0.05) is 44.2 Å². The number of hydrogen-bond donors (Lipinski definition) is 2. The molecular weight excluding hydrogens is 592 g/mol. The monoisotopic (exact) mass is 629 g/mol. The highest BCUT2D eigenvalue weighted by Gasteiger charge is 2.41. The molecule has 0 radical (unpaired) electrons. The van der Waals surface area contributed by atoms with E-state index in [0.717, 1.165) is 16.8 Å². The first-order chi connectivity index (χ1) is 19.6. The van der Waals surface area contributed by atoms with Crippen LogP contribution in [0.3, 0.4) is 0 Å². The fourth-order valence-electron chi connectivity index (χ4n) is 6.34. The molecular formula is C32H38Cl2FN5O3. The second-order valence-corrected chi connectivity index (χ2v) is 12.2. The highest BCUT2D eigenvalue weighted by Crippen LogP contribution is 2.41. The molecule has 230 valence electrons. The molecule has 6 rings (SSSR count). The molecule has 2 amide bonds. The standard InChI is InChI=1S/C32H36FN5O3.2ClH/c1-20-15-36(25(14-34-20)17-37-16-22-6-4-5-7-26(22)31(37)41)18-28(39)38-19-32(2,3)30-27(38)12-23(13-35-30)29(40)21-8-10-24(33)11-9-21;;/h4-13,20,25,29,34,40H,14-19H2,1-3H3;2*1H/t20-,25-,29?;;/m1../s1. The zero-order valence-electron chi connectivity index (χ0n) is 24.5. The molecule has 3 aromatic rings. The summed E-state index contributed by atoms with van der Waals surface area (Å²) in [4.78, 5) is 37.5. The minimum atomic E-state index is -0.991. The number of aliphatic hydroxyl groups is 1. The van der Waals surface area contributed by atoms with E-state index in [-0.39, 0.29) is 66.5 Å². The van der Waals surface area contributed by atoms with E-state index < -0.39 is 6.10 Å². The van der Waals surface area contributed by atoms with E-state index in [0.29, 0.717) is 49.5 Å². The lowest BCUT2D eigenvalue weighted by molar-refractivity contribution is -0.120. The number of aliphatic hydroxyl groups excluding tert-OH is 1. The number of pyridine rings is 1. The Balaban J connectivity index is 0.00000212. The molecule has 1 fully saturated rings. The minimum absolute atomic E-state index is 0. The number of rotatable bonds is 6. The van der Waals surface area contributed by atoms with Gasteiger partial charge in [-0.3, -0.25) is 19.5 Å². The van der Waals surface area contributed by atoms with Crippen LogP contribution < -0.4 is 10.2 Å². The molecule has 0 aliphatic carbocycles. The molecule has 1 unspecified atom stereocenters. The van der Waals surface area contributed by atoms with Gasteiger partial charge in [0.1, 0.15) is 11.9 Å². The second-order valence-electron chi connectivity index (χ2n) is 12.2. The average molecular weight is 631 g/mol. The maximum atomic E-state index is 13.9. The van der Waals surface area contributed by atoms with Crippen molar-refractivity contribution in [1.82, 2.24) is 20.1 Å². The maximum absolute atomic E-state index is 13.9. The number of halogens is 3. The lowest BCUT2D eigenvalue weighted by atomic mass is 9.90. The molecule has 0 bridgehead atoms. The molecule has 1 saturated heterocycles. The van der Waals surface area contributed by atoms with Crippen molar-refractivity contribution in [2.75, 3.05) is 37.6 Å². The summed E-state index contributed by atoms with van der Waals surface area (Å²) in [5.41, 5.74) is 4.06. The third-order valence-corrected chi connectivity index (χ3v) is 8.57. The molecule has 1 aromatic heterocycles. The molecule has 43 heavy (non-hydrogen) atoms. The fraction of sp³-hybridized carbons (Fsp3) is 0.406. The number of hydrogen-bond acceptors (Lipinski definition) is 6. The highest BCUT2D eigenvalue weighted by molar-refractivity contribution is 5.98. The Morgan fingerprint density at radius 3 is 2.58 bits per heavy atom. The van der Waals surface area contributed by atoms with Crippen LogP contribution in [0.15, 0.2) is 60.8 Å². The number of aromatic nitrogens is 1. The fourth-order valence-corrected chi connectivity index (χ4v) is 6.34. The van der Waals surface area contributed by atoms with Crippen LogP contribution in [0.2, 0.25) is 0 Å². The van der Waals surface area contributed by atoms with Gasteiger partial charge in [0.15, 0.2) is 0 Å². The zero-order valence-corrected chi connectivity index (χ0v) is 26.1. The SMILES string of the molecule is C[C@@H]1CN(CC(=O)N2CC(C)(C)c3ncc(C(O)c4ccc(F)cc4)cc32)[C@@H](CN2Cc3ccccc3C2=O)CN1.Cl.Cl. The summed E-state index contributed by atoms with van der Waals surface area (Å²) < 4.78 is 13.4. The molecule has 8 nitrogen and oxygen atoms in total. The van der Waals surface area contributed by atoms with E-state index in [1.807, 2.05) is 35.2 Å². The van der Waals surface area contributed by atoms with Gasteiger partial charge in [0.25, 0.3) is 5.91 Å². The number of amides is 2. The topological polar surface area (TPSA) is 89.0 Å². The van der Waals surface area contributed by atoms with E-state index in [1.54, 1.807) is 23.2 Å². The predicted octanol–water partition coefficient (Wildman–Crippen LogP) is 4.09. The van der Waals surface area contributed by atoms with Gasteiger partial charge in [0, 0.05) is 67.5 Å². The quantitative estimate of drug-likeness (QED) is 0.427. The van der Waals surface area contributed by atoms with Gasteiger partial charge in [-0.15, -0.1) is 24.8 Å². The smallest absolute Gasteiger partial charge is 0.254 e. The van der Waals surface area contributed by atoms with E-state index >= 15 is 0 Å². The van der Waals surface area contributed by atoms with E-state index in [4.69, 9.17) is 0 Å². The number of fused-ring (bicyclic) bond motifs is 2. The molecule has 3 atom stereocenters. The number of carbonyl (C=O) groups is 2. The van der Waals surface area contributed by atoms with E-state index in [2.05, 4.69) is 36.0 Å². The van der Waals surface area contributed by atoms with E-state index in [9.17, 15) is 19.1 Å². The molecule has 2 aromatic carbocycles. The van der Waals surface area contributed by atoms with Crippen molar-refractivity contribution >= 4 is 42.3 Å². The number of carbonyl (C=O) groups excluding carboxylic acids is 2. The van der Waals surface area contributed by atoms with Crippen LogP contribution in [0.4, 0.5) is 10.1 Å². The molecule has 0 spiro atoms. The number of piperazine rings is 1. The summed E-state index contributed by atoms with van der Waals surface area (Å²) in [7, 11) is 0. The predicted molar refractivity (Wildman–Crippen MR) is 169 cm³/mol. The average Bonchev–Trinajstić information content (AvgIpc) is 3.42. The zero-order chi connectivity index (χ0) is 28.9. The van der Waals surface area contributed by atoms with Gasteiger partial charge in [0.2, 0.25) is 5.91 Å². The Hall–Kier alpha value is -3.08. The largest absolute Gasteiger partial charge is 0.384 e. The van der Waals surface area contributed by atoms with Crippen molar-refractivity contribution in [3.8, 4) is 0 Å². The Morgan fingerprint density at radius 2 is 1.86 bits per heavy atom. The van der Waals surface area contributed by atoms with Crippen LogP contribution >= 0.6 is 24.8 Å². The van der Waals surface area contributed by atoms with Gasteiger partial charge in [-0.2, -0.15) is 0 Å². The van der Waals surface area contributed by atoms with Crippen LogP contribution in [-0.2, 0) is 16.8 Å². The Morgan fingerprint density at radius 1 is 1.14 bits per heavy atom. The van der Waals surface area contributed by atoms with Gasteiger partial charge in [-0.05, 0) is 42.3 Å². The summed E-state index contributed by atoms with van der Waals surface area (Å²) in [6.45, 7) is 9.43. The first kappa shape index (κ1) is 32.8. The third kappa shape index (κ3) is 6.42. The van der Waals surface area contributed by atoms with Crippen molar-refractivity contribution in [3.05, 3.63) is 94.6 Å². The molecule has 3 aliphatic rings. The number of benzene rings is 2. The van der Waals surface area contributed by atoms with Crippen LogP contribution in [0.25, 0.3) is 0 Å². The van der Waals surface area contributed by atoms with Crippen molar-refractivity contribution in [1.29, 1.82) is 0 Å². The lowest BCUT2D eigenvalue weighted by Gasteiger charge is -2.41. The summed E-state index contributed by atoms with van der Waals surface area (Å²) in [5.74, 6) is -0.369. The molecule has 2 N–H and O–H groups in total. The molecule has 3 aliphatic heterocycles. The molecule has 4 heterocycles. The first-order valence-corrected chi connectivity index (χ1v) is 14.2. The summed E-state index contributed by atoms with van der Waals surface area (Å²) in [6, 6.07) is 15.5. The van der Waals surface area contributed by atoms with Crippen LogP contribution in [0.5, 0.6) is 0 Å². The number of nitrogens with one attached hydrogen (secondary N) is 1. The Bertz CT molecular complexity index is 1490. The lowest BCUT2D eigenvalue weighted by Crippen LogP contribution is -2.60.